The van der Waals surface area contributed by atoms with Gasteiger partial charge in [-0.2, -0.15) is 0 Å². The van der Waals surface area contributed by atoms with Crippen LogP contribution in [0.25, 0.3) is 0 Å². The van der Waals surface area contributed by atoms with E-state index in [9.17, 15) is 9.59 Å². The zero-order valence-electron chi connectivity index (χ0n) is 16.9. The molecule has 1 amide bonds. The number of nitrogens with zero attached hydrogens (tertiary/aromatic N) is 1. The smallest absolute Gasteiger partial charge is 0.338 e. The molecule has 2 N–H and O–H groups in total. The molecule has 1 aliphatic rings. The highest BCUT2D eigenvalue weighted by molar-refractivity contribution is 7.80. The van der Waals surface area contributed by atoms with Gasteiger partial charge in [-0.25, -0.2) is 4.79 Å². The van der Waals surface area contributed by atoms with E-state index in [0.29, 0.717) is 32.7 Å². The molecule has 0 spiro atoms. The summed E-state index contributed by atoms with van der Waals surface area (Å²) in [6.07, 6.45) is 0. The second-order valence-corrected chi connectivity index (χ2v) is 7.51. The Morgan fingerprint density at radius 2 is 1.97 bits per heavy atom. The first-order valence-corrected chi connectivity index (χ1v) is 10.2. The highest BCUT2D eigenvalue weighted by atomic mass is 35.5. The number of ether oxygens (including phenoxy) is 1. The van der Waals surface area contributed by atoms with Crippen molar-refractivity contribution in [3.63, 3.8) is 0 Å². The van der Waals surface area contributed by atoms with Crippen LogP contribution in [0.1, 0.15) is 35.8 Å². The number of amides is 1. The molecular formula is C22H22ClN3O3S. The Kier molecular flexibility index (Phi) is 6.74. The zero-order chi connectivity index (χ0) is 21.8. The first-order valence-electron chi connectivity index (χ1n) is 9.41. The molecule has 0 aliphatic carbocycles. The molecular weight excluding hydrogens is 422 g/mol. The average Bonchev–Trinajstić information content (AvgIpc) is 2.72. The predicted octanol–water partition coefficient (Wildman–Crippen LogP) is 4.29. The number of halogens is 1. The van der Waals surface area contributed by atoms with Crippen LogP contribution in [0.15, 0.2) is 59.8 Å². The van der Waals surface area contributed by atoms with Crippen LogP contribution in [0, 0.1) is 0 Å². The minimum Gasteiger partial charge on any atom is -0.463 e. The molecule has 30 heavy (non-hydrogen) atoms. The number of anilines is 1. The quantitative estimate of drug-likeness (QED) is 0.530. The summed E-state index contributed by atoms with van der Waals surface area (Å²) in [5.74, 6) is -0.727. The maximum absolute atomic E-state index is 12.7. The summed E-state index contributed by atoms with van der Waals surface area (Å²) < 4.78 is 5.26. The van der Waals surface area contributed by atoms with E-state index in [1.807, 2.05) is 13.0 Å². The summed E-state index contributed by atoms with van der Waals surface area (Å²) >= 11 is 11.5. The van der Waals surface area contributed by atoms with E-state index in [0.717, 1.165) is 5.56 Å². The van der Waals surface area contributed by atoms with E-state index < -0.39 is 12.0 Å². The molecule has 0 fully saturated rings. The Labute approximate surface area is 185 Å². The molecule has 2 aromatic rings. The van der Waals surface area contributed by atoms with Crippen LogP contribution in [0.5, 0.6) is 0 Å². The number of carbonyl (C=O) groups excluding carboxylic acids is 2. The third-order valence-electron chi connectivity index (χ3n) is 4.85. The van der Waals surface area contributed by atoms with E-state index in [4.69, 9.17) is 28.6 Å². The molecule has 0 saturated heterocycles. The maximum atomic E-state index is 12.7. The van der Waals surface area contributed by atoms with E-state index in [1.165, 1.54) is 0 Å². The molecule has 1 unspecified atom stereocenters. The van der Waals surface area contributed by atoms with Gasteiger partial charge in [0.05, 0.1) is 28.8 Å². The zero-order valence-corrected chi connectivity index (χ0v) is 18.4. The second kappa shape index (κ2) is 9.28. The Morgan fingerprint density at radius 3 is 2.67 bits per heavy atom. The third-order valence-corrected chi connectivity index (χ3v) is 5.57. The topological polar surface area (TPSA) is 70.7 Å². The number of thiocarbonyl (C=S) groups is 1. The van der Waals surface area contributed by atoms with Gasteiger partial charge in [-0.15, -0.1) is 0 Å². The number of esters is 1. The number of carbonyl (C=O) groups is 2. The number of nitrogens with one attached hydrogen (secondary N) is 2. The number of hydrogen-bond donors (Lipinski definition) is 2. The van der Waals surface area contributed by atoms with Crippen molar-refractivity contribution in [2.75, 3.05) is 19.0 Å². The molecule has 1 aliphatic heterocycles. The lowest BCUT2D eigenvalue weighted by molar-refractivity contribution is -0.139. The Balaban J connectivity index is 1.93. The minimum absolute atomic E-state index is 0.268. The van der Waals surface area contributed by atoms with E-state index in [-0.39, 0.29) is 12.5 Å². The number of hydrogen-bond acceptors (Lipinski definition) is 4. The van der Waals surface area contributed by atoms with Gasteiger partial charge in [0.2, 0.25) is 0 Å². The molecule has 3 rings (SSSR count). The molecule has 0 saturated carbocycles. The van der Waals surface area contributed by atoms with E-state index in [1.54, 1.807) is 61.3 Å². The van der Waals surface area contributed by atoms with Crippen LogP contribution in [0.3, 0.4) is 0 Å². The lowest BCUT2D eigenvalue weighted by Crippen LogP contribution is -2.46. The van der Waals surface area contributed by atoms with Gasteiger partial charge >= 0.3 is 5.97 Å². The van der Waals surface area contributed by atoms with Gasteiger partial charge in [0.25, 0.3) is 5.91 Å². The van der Waals surface area contributed by atoms with E-state index in [2.05, 4.69) is 10.6 Å². The molecule has 2 aromatic carbocycles. The molecule has 6 nitrogen and oxygen atoms in total. The van der Waals surface area contributed by atoms with Crippen molar-refractivity contribution < 1.29 is 14.3 Å². The fraction of sp³-hybridized carbons (Fsp3) is 0.227. The van der Waals surface area contributed by atoms with Crippen molar-refractivity contribution in [1.29, 1.82) is 0 Å². The van der Waals surface area contributed by atoms with Gasteiger partial charge in [-0.05, 0) is 55.9 Å². The van der Waals surface area contributed by atoms with Crippen molar-refractivity contribution in [1.82, 2.24) is 10.2 Å². The highest BCUT2D eigenvalue weighted by Crippen LogP contribution is 2.32. The number of rotatable bonds is 5. The molecule has 8 heteroatoms. The summed E-state index contributed by atoms with van der Waals surface area (Å²) in [5.41, 5.74) is 2.91. The monoisotopic (exact) mass is 443 g/mol. The van der Waals surface area contributed by atoms with Gasteiger partial charge in [0.15, 0.2) is 5.11 Å². The molecule has 0 aromatic heterocycles. The minimum atomic E-state index is -0.495. The summed E-state index contributed by atoms with van der Waals surface area (Å²) in [6.45, 7) is 3.86. The molecule has 0 bridgehead atoms. The predicted molar refractivity (Wildman–Crippen MR) is 121 cm³/mol. The maximum Gasteiger partial charge on any atom is 0.338 e. The SMILES string of the molecule is CCOC(=O)C1=C(C)N(C)C(=S)NC1c1cccc(NC(=O)c2ccccc2Cl)c1. The van der Waals surface area contributed by atoms with Crippen molar-refractivity contribution in [2.45, 2.75) is 19.9 Å². The summed E-state index contributed by atoms with van der Waals surface area (Å²) in [5, 5.41) is 6.91. The summed E-state index contributed by atoms with van der Waals surface area (Å²) in [6, 6.07) is 13.6. The van der Waals surface area contributed by atoms with Gasteiger partial charge in [0, 0.05) is 18.4 Å². The fourth-order valence-electron chi connectivity index (χ4n) is 3.20. The molecule has 1 atom stereocenters. The van der Waals surface area contributed by atoms with Crippen LogP contribution in [-0.4, -0.2) is 35.5 Å². The molecule has 0 radical (unpaired) electrons. The van der Waals surface area contributed by atoms with Crippen molar-refractivity contribution in [2.24, 2.45) is 0 Å². The average molecular weight is 444 g/mol. The van der Waals surface area contributed by atoms with Gasteiger partial charge in [0.1, 0.15) is 0 Å². The van der Waals surface area contributed by atoms with Gasteiger partial charge in [-0.1, -0.05) is 35.9 Å². The molecule has 1 heterocycles. The number of allylic oxidation sites excluding steroid dienone is 1. The Morgan fingerprint density at radius 1 is 1.23 bits per heavy atom. The van der Waals surface area contributed by atoms with Crippen LogP contribution >= 0.6 is 23.8 Å². The Bertz CT molecular complexity index is 1040. The standard InChI is InChI=1S/C22H22ClN3O3S/c1-4-29-21(28)18-13(2)26(3)22(30)25-19(18)14-8-7-9-15(12-14)24-20(27)16-10-5-6-11-17(16)23/h5-12,19H,4H2,1-3H3,(H,24,27)(H,25,30). The van der Waals surface area contributed by atoms with E-state index >= 15 is 0 Å². The van der Waals surface area contributed by atoms with Crippen molar-refractivity contribution in [3.8, 4) is 0 Å². The fourth-order valence-corrected chi connectivity index (χ4v) is 3.67. The van der Waals surface area contributed by atoms with Crippen molar-refractivity contribution in [3.05, 3.63) is 76.0 Å². The second-order valence-electron chi connectivity index (χ2n) is 6.72. The van der Waals surface area contributed by atoms with Crippen LogP contribution < -0.4 is 10.6 Å². The van der Waals surface area contributed by atoms with Gasteiger partial charge < -0.3 is 20.3 Å². The first kappa shape index (κ1) is 21.8. The summed E-state index contributed by atoms with van der Waals surface area (Å²) in [4.78, 5) is 27.0. The lowest BCUT2D eigenvalue weighted by atomic mass is 9.95. The largest absolute Gasteiger partial charge is 0.463 e. The van der Waals surface area contributed by atoms with Gasteiger partial charge in [-0.3, -0.25) is 4.79 Å². The van der Waals surface area contributed by atoms with Crippen LogP contribution in [-0.2, 0) is 9.53 Å². The Hall–Kier alpha value is -2.90. The normalized spacial score (nSPS) is 16.2. The number of benzene rings is 2. The van der Waals surface area contributed by atoms with Crippen LogP contribution in [0.2, 0.25) is 5.02 Å². The summed E-state index contributed by atoms with van der Waals surface area (Å²) in [7, 11) is 1.79. The highest BCUT2D eigenvalue weighted by Gasteiger charge is 2.33. The lowest BCUT2D eigenvalue weighted by Gasteiger charge is -2.35. The third kappa shape index (κ3) is 4.47. The van der Waals surface area contributed by atoms with Crippen molar-refractivity contribution >= 4 is 46.5 Å². The van der Waals surface area contributed by atoms with Crippen LogP contribution in [0.4, 0.5) is 5.69 Å². The molecule has 156 valence electrons. The first-order chi connectivity index (χ1) is 14.3.